The van der Waals surface area contributed by atoms with Crippen LogP contribution in [0.2, 0.25) is 0 Å². The summed E-state index contributed by atoms with van der Waals surface area (Å²) in [5, 5.41) is 0. The van der Waals surface area contributed by atoms with Crippen molar-refractivity contribution >= 4 is 12.6 Å². The first-order valence-electron chi connectivity index (χ1n) is 8.55. The third-order valence-corrected chi connectivity index (χ3v) is 3.87. The second-order valence-corrected chi connectivity index (χ2v) is 8.87. The molecule has 0 N–H and O–H groups in total. The Morgan fingerprint density at radius 1 is 1.05 bits per heavy atom. The van der Waals surface area contributed by atoms with Gasteiger partial charge in [-0.3, -0.25) is 0 Å². The predicted molar refractivity (Wildman–Crippen MR) is 97.4 cm³/mol. The minimum absolute atomic E-state index is 0.189. The SMILES string of the molecule is CC1C=[N+](C(C)(C)C)C=N1.CN1CCN(CC(C)(C)C)CC1. The molecule has 2 heterocycles. The average molecular weight is 310 g/mol. The first kappa shape index (κ1) is 19.3. The zero-order valence-corrected chi connectivity index (χ0v) is 16.1. The van der Waals surface area contributed by atoms with Crippen LogP contribution in [0.5, 0.6) is 0 Å². The summed E-state index contributed by atoms with van der Waals surface area (Å²) in [7, 11) is 2.20. The lowest BCUT2D eigenvalue weighted by molar-refractivity contribution is -0.476. The van der Waals surface area contributed by atoms with E-state index in [0.717, 1.165) is 0 Å². The van der Waals surface area contributed by atoms with E-state index in [-0.39, 0.29) is 5.54 Å². The van der Waals surface area contributed by atoms with Crippen molar-refractivity contribution < 1.29 is 4.58 Å². The van der Waals surface area contributed by atoms with Gasteiger partial charge in [0.25, 0.3) is 6.34 Å². The quantitative estimate of drug-likeness (QED) is 0.695. The van der Waals surface area contributed by atoms with Crippen molar-refractivity contribution in [3.05, 3.63) is 0 Å². The van der Waals surface area contributed by atoms with E-state index < -0.39 is 0 Å². The molecule has 0 radical (unpaired) electrons. The van der Waals surface area contributed by atoms with Crippen LogP contribution in [-0.2, 0) is 0 Å². The summed E-state index contributed by atoms with van der Waals surface area (Å²) in [5.74, 6) is 0. The van der Waals surface area contributed by atoms with Crippen LogP contribution in [0.3, 0.4) is 0 Å². The molecule has 0 bridgehead atoms. The molecule has 0 amide bonds. The predicted octanol–water partition coefficient (Wildman–Crippen LogP) is 2.58. The van der Waals surface area contributed by atoms with E-state index in [1.165, 1.54) is 32.7 Å². The largest absolute Gasteiger partial charge is 0.304 e. The molecular weight excluding hydrogens is 272 g/mol. The van der Waals surface area contributed by atoms with Crippen LogP contribution in [0, 0.1) is 5.41 Å². The molecular formula is C18H37N4+. The highest BCUT2D eigenvalue weighted by Crippen LogP contribution is 2.15. The van der Waals surface area contributed by atoms with Gasteiger partial charge in [0.05, 0.1) is 0 Å². The summed E-state index contributed by atoms with van der Waals surface area (Å²) in [5.41, 5.74) is 0.643. The lowest BCUT2D eigenvalue weighted by Crippen LogP contribution is -2.47. The van der Waals surface area contributed by atoms with Gasteiger partial charge in [0.2, 0.25) is 0 Å². The number of likely N-dealkylation sites (N-methyl/N-ethyl adjacent to an activating group) is 1. The Hall–Kier alpha value is -0.740. The van der Waals surface area contributed by atoms with Gasteiger partial charge < -0.3 is 9.80 Å². The van der Waals surface area contributed by atoms with Crippen molar-refractivity contribution in [1.29, 1.82) is 0 Å². The van der Waals surface area contributed by atoms with Gasteiger partial charge >= 0.3 is 0 Å². The van der Waals surface area contributed by atoms with E-state index >= 15 is 0 Å². The molecule has 0 aromatic rings. The third kappa shape index (κ3) is 7.50. The molecule has 1 fully saturated rings. The Kier molecular flexibility index (Phi) is 6.75. The van der Waals surface area contributed by atoms with Crippen LogP contribution in [0.1, 0.15) is 48.5 Å². The Morgan fingerprint density at radius 2 is 1.59 bits per heavy atom. The molecule has 0 aliphatic carbocycles. The first-order chi connectivity index (χ1) is 9.97. The molecule has 2 rings (SSSR count). The second-order valence-electron chi connectivity index (χ2n) is 8.87. The fourth-order valence-corrected chi connectivity index (χ4v) is 2.56. The van der Waals surface area contributed by atoms with E-state index in [0.29, 0.717) is 11.5 Å². The van der Waals surface area contributed by atoms with E-state index in [9.17, 15) is 0 Å². The summed E-state index contributed by atoms with van der Waals surface area (Å²) in [6, 6.07) is 0.360. The molecule has 0 aromatic carbocycles. The average Bonchev–Trinajstić information content (AvgIpc) is 2.78. The molecule has 4 heteroatoms. The number of piperazine rings is 1. The number of hydrogen-bond donors (Lipinski definition) is 0. The van der Waals surface area contributed by atoms with Gasteiger partial charge in [0, 0.05) is 32.7 Å². The monoisotopic (exact) mass is 309 g/mol. The Labute approximate surface area is 137 Å². The second kappa shape index (κ2) is 7.69. The van der Waals surface area contributed by atoms with Crippen molar-refractivity contribution in [3.63, 3.8) is 0 Å². The summed E-state index contributed by atoms with van der Waals surface area (Å²) >= 11 is 0. The summed E-state index contributed by atoms with van der Waals surface area (Å²) in [6.07, 6.45) is 4.05. The van der Waals surface area contributed by atoms with Gasteiger partial charge in [-0.15, -0.1) is 0 Å². The maximum Gasteiger partial charge on any atom is 0.281 e. The Bertz CT molecular complexity index is 390. The Balaban J connectivity index is 0.000000224. The van der Waals surface area contributed by atoms with E-state index in [1.807, 2.05) is 6.34 Å². The molecule has 0 saturated carbocycles. The third-order valence-electron chi connectivity index (χ3n) is 3.87. The van der Waals surface area contributed by atoms with Crippen molar-refractivity contribution in [1.82, 2.24) is 9.80 Å². The highest BCUT2D eigenvalue weighted by Gasteiger charge is 2.24. The van der Waals surface area contributed by atoms with Crippen LogP contribution in [0.15, 0.2) is 4.99 Å². The van der Waals surface area contributed by atoms with Gasteiger partial charge in [-0.2, -0.15) is 0 Å². The summed E-state index contributed by atoms with van der Waals surface area (Å²) < 4.78 is 2.15. The van der Waals surface area contributed by atoms with Gasteiger partial charge in [-0.25, -0.2) is 4.58 Å². The first-order valence-corrected chi connectivity index (χ1v) is 8.55. The topological polar surface area (TPSA) is 21.9 Å². The molecule has 4 nitrogen and oxygen atoms in total. The van der Waals surface area contributed by atoms with Crippen LogP contribution in [-0.4, -0.2) is 78.3 Å². The lowest BCUT2D eigenvalue weighted by atomic mass is 9.96. The summed E-state index contributed by atoms with van der Waals surface area (Å²) in [6.45, 7) is 21.7. The van der Waals surface area contributed by atoms with Gasteiger partial charge in [-0.05, 0) is 40.2 Å². The van der Waals surface area contributed by atoms with Crippen LogP contribution in [0.25, 0.3) is 0 Å². The number of rotatable bonds is 1. The maximum absolute atomic E-state index is 4.23. The van der Waals surface area contributed by atoms with Crippen molar-refractivity contribution in [2.24, 2.45) is 10.4 Å². The van der Waals surface area contributed by atoms with E-state index in [2.05, 4.69) is 81.1 Å². The lowest BCUT2D eigenvalue weighted by Gasteiger charge is -2.36. The molecule has 2 aliphatic rings. The van der Waals surface area contributed by atoms with Crippen LogP contribution >= 0.6 is 0 Å². The number of nitrogens with zero attached hydrogens (tertiary/aromatic N) is 4. The molecule has 0 spiro atoms. The van der Waals surface area contributed by atoms with Gasteiger partial charge in [0.15, 0.2) is 6.04 Å². The maximum atomic E-state index is 4.23. The zero-order valence-electron chi connectivity index (χ0n) is 16.1. The Morgan fingerprint density at radius 3 is 1.91 bits per heavy atom. The van der Waals surface area contributed by atoms with Gasteiger partial charge in [-0.1, -0.05) is 25.8 Å². The number of hydrogen-bond acceptors (Lipinski definition) is 3. The molecule has 128 valence electrons. The van der Waals surface area contributed by atoms with E-state index in [4.69, 9.17) is 0 Å². The highest BCUT2D eigenvalue weighted by atomic mass is 15.2. The van der Waals surface area contributed by atoms with Crippen molar-refractivity contribution in [3.8, 4) is 0 Å². The van der Waals surface area contributed by atoms with E-state index in [1.54, 1.807) is 0 Å². The zero-order chi connectivity index (χ0) is 17.0. The van der Waals surface area contributed by atoms with Crippen LogP contribution in [0.4, 0.5) is 0 Å². The minimum atomic E-state index is 0.189. The molecule has 1 saturated heterocycles. The minimum Gasteiger partial charge on any atom is -0.304 e. The highest BCUT2D eigenvalue weighted by molar-refractivity contribution is 5.71. The molecule has 0 aromatic heterocycles. The van der Waals surface area contributed by atoms with Gasteiger partial charge in [0.1, 0.15) is 11.8 Å². The smallest absolute Gasteiger partial charge is 0.281 e. The van der Waals surface area contributed by atoms with Crippen molar-refractivity contribution in [2.75, 3.05) is 39.8 Å². The number of aliphatic imine (C=N–C) groups is 1. The molecule has 1 unspecified atom stereocenters. The molecule has 22 heavy (non-hydrogen) atoms. The fraction of sp³-hybridized carbons (Fsp3) is 0.889. The van der Waals surface area contributed by atoms with Crippen molar-refractivity contribution in [2.45, 2.75) is 60.0 Å². The standard InChI is InChI=1S/C10H22N2.C8H15N2/c1-10(2,3)9-12-7-5-11(4)6-8-12;1-7-5-10(6-9-7)8(2,3)4/h5-9H2,1-4H3;5-7H,1-4H3/q;+1. The molecule has 2 aliphatic heterocycles. The summed E-state index contributed by atoms with van der Waals surface area (Å²) in [4.78, 5) is 9.20. The molecule has 1 atom stereocenters. The fourth-order valence-electron chi connectivity index (χ4n) is 2.56. The van der Waals surface area contributed by atoms with Crippen LogP contribution < -0.4 is 0 Å². The normalized spacial score (nSPS) is 24.0.